The van der Waals surface area contributed by atoms with Gasteiger partial charge in [-0.15, -0.1) is 0 Å². The maximum Gasteiger partial charge on any atom is 0.119 e. The predicted molar refractivity (Wildman–Crippen MR) is 77.3 cm³/mol. The number of hydrogen-bond donors (Lipinski definition) is 1. The van der Waals surface area contributed by atoms with Crippen LogP contribution in [0, 0.1) is 0 Å². The number of benzene rings is 2. The van der Waals surface area contributed by atoms with Crippen molar-refractivity contribution in [1.29, 1.82) is 0 Å². The maximum atomic E-state index is 6.68. The van der Waals surface area contributed by atoms with Crippen LogP contribution in [0.15, 0.2) is 48.5 Å². The Morgan fingerprint density at radius 3 is 2.58 bits per heavy atom. The van der Waals surface area contributed by atoms with Gasteiger partial charge in [-0.2, -0.15) is 0 Å². The van der Waals surface area contributed by atoms with Crippen molar-refractivity contribution in [3.63, 3.8) is 0 Å². The van der Waals surface area contributed by atoms with Gasteiger partial charge >= 0.3 is 0 Å². The largest absolute Gasteiger partial charge is 0.494 e. The summed E-state index contributed by atoms with van der Waals surface area (Å²) in [5.41, 5.74) is 10.1. The van der Waals surface area contributed by atoms with Gasteiger partial charge in [-0.25, -0.2) is 0 Å². The van der Waals surface area contributed by atoms with Crippen LogP contribution in [0.3, 0.4) is 0 Å². The van der Waals surface area contributed by atoms with E-state index >= 15 is 0 Å². The van der Waals surface area contributed by atoms with Crippen LogP contribution in [0.2, 0.25) is 0 Å². The van der Waals surface area contributed by atoms with Crippen LogP contribution in [-0.2, 0) is 12.0 Å². The molecular weight excluding hydrogens is 234 g/mol. The zero-order valence-corrected chi connectivity index (χ0v) is 11.2. The SMILES string of the molecule is CCOc1ccc(C2(N)CCc3ccccc32)cc1. The van der Waals surface area contributed by atoms with E-state index in [1.807, 2.05) is 19.1 Å². The summed E-state index contributed by atoms with van der Waals surface area (Å²) < 4.78 is 5.49. The van der Waals surface area contributed by atoms with Crippen molar-refractivity contribution < 1.29 is 4.74 Å². The van der Waals surface area contributed by atoms with Crippen molar-refractivity contribution in [1.82, 2.24) is 0 Å². The molecule has 0 aliphatic heterocycles. The Hall–Kier alpha value is -1.80. The molecule has 1 unspecified atom stereocenters. The Balaban J connectivity index is 1.98. The first-order chi connectivity index (χ1) is 9.24. The number of fused-ring (bicyclic) bond motifs is 1. The molecule has 1 atom stereocenters. The van der Waals surface area contributed by atoms with Crippen molar-refractivity contribution in [2.75, 3.05) is 6.61 Å². The van der Waals surface area contributed by atoms with E-state index in [-0.39, 0.29) is 5.54 Å². The molecule has 0 amide bonds. The fourth-order valence-electron chi connectivity index (χ4n) is 2.96. The van der Waals surface area contributed by atoms with Gasteiger partial charge in [0.15, 0.2) is 0 Å². The minimum Gasteiger partial charge on any atom is -0.494 e. The first-order valence-corrected chi connectivity index (χ1v) is 6.84. The molecule has 0 radical (unpaired) electrons. The van der Waals surface area contributed by atoms with E-state index < -0.39 is 0 Å². The lowest BCUT2D eigenvalue weighted by atomic mass is 9.85. The lowest BCUT2D eigenvalue weighted by Gasteiger charge is -2.26. The fourth-order valence-corrected chi connectivity index (χ4v) is 2.96. The van der Waals surface area contributed by atoms with Gasteiger partial charge in [-0.3, -0.25) is 0 Å². The standard InChI is InChI=1S/C17H19NO/c1-2-19-15-9-7-14(8-10-15)17(18)12-11-13-5-3-4-6-16(13)17/h3-10H,2,11-12,18H2,1H3. The summed E-state index contributed by atoms with van der Waals surface area (Å²) in [5, 5.41) is 0. The average molecular weight is 253 g/mol. The molecule has 0 saturated heterocycles. The van der Waals surface area contributed by atoms with Crippen molar-refractivity contribution in [3.05, 3.63) is 65.2 Å². The van der Waals surface area contributed by atoms with Gasteiger partial charge < -0.3 is 10.5 Å². The molecule has 2 aromatic rings. The number of ether oxygens (including phenoxy) is 1. The smallest absolute Gasteiger partial charge is 0.119 e. The van der Waals surface area contributed by atoms with E-state index in [1.165, 1.54) is 16.7 Å². The fraction of sp³-hybridized carbons (Fsp3) is 0.294. The van der Waals surface area contributed by atoms with E-state index in [9.17, 15) is 0 Å². The average Bonchev–Trinajstić information content (AvgIpc) is 2.80. The highest BCUT2D eigenvalue weighted by Crippen LogP contribution is 2.40. The molecule has 1 aliphatic rings. The molecule has 0 saturated carbocycles. The van der Waals surface area contributed by atoms with E-state index in [1.54, 1.807) is 0 Å². The molecule has 0 fully saturated rings. The molecule has 2 nitrogen and oxygen atoms in total. The second-order valence-electron chi connectivity index (χ2n) is 5.09. The molecule has 1 aliphatic carbocycles. The summed E-state index contributed by atoms with van der Waals surface area (Å²) in [6, 6.07) is 16.7. The number of rotatable bonds is 3. The summed E-state index contributed by atoms with van der Waals surface area (Å²) in [4.78, 5) is 0. The van der Waals surface area contributed by atoms with Crippen LogP contribution in [0.4, 0.5) is 0 Å². The van der Waals surface area contributed by atoms with Crippen molar-refractivity contribution >= 4 is 0 Å². The summed E-state index contributed by atoms with van der Waals surface area (Å²) in [5.74, 6) is 0.904. The zero-order chi connectivity index (χ0) is 13.3. The molecule has 19 heavy (non-hydrogen) atoms. The monoisotopic (exact) mass is 253 g/mol. The lowest BCUT2D eigenvalue weighted by molar-refractivity contribution is 0.340. The normalized spacial score (nSPS) is 21.2. The number of nitrogens with two attached hydrogens (primary N) is 1. The van der Waals surface area contributed by atoms with Crippen LogP contribution in [0.25, 0.3) is 0 Å². The summed E-state index contributed by atoms with van der Waals surface area (Å²) in [6.45, 7) is 2.68. The van der Waals surface area contributed by atoms with Crippen LogP contribution < -0.4 is 10.5 Å². The van der Waals surface area contributed by atoms with E-state index in [4.69, 9.17) is 10.5 Å². The Kier molecular flexibility index (Phi) is 3.03. The first-order valence-electron chi connectivity index (χ1n) is 6.84. The summed E-state index contributed by atoms with van der Waals surface area (Å²) >= 11 is 0. The molecule has 2 N–H and O–H groups in total. The van der Waals surface area contributed by atoms with Crippen molar-refractivity contribution in [2.45, 2.75) is 25.3 Å². The lowest BCUT2D eigenvalue weighted by Crippen LogP contribution is -2.35. The van der Waals surface area contributed by atoms with Crippen LogP contribution in [-0.4, -0.2) is 6.61 Å². The highest BCUT2D eigenvalue weighted by Gasteiger charge is 2.36. The van der Waals surface area contributed by atoms with Gasteiger partial charge in [-0.1, -0.05) is 36.4 Å². The zero-order valence-electron chi connectivity index (χ0n) is 11.2. The predicted octanol–water partition coefficient (Wildman–Crippen LogP) is 3.23. The molecule has 98 valence electrons. The molecule has 2 aromatic carbocycles. The van der Waals surface area contributed by atoms with Gasteiger partial charge in [0.05, 0.1) is 12.1 Å². The third kappa shape index (κ3) is 2.02. The molecule has 0 aromatic heterocycles. The molecule has 3 rings (SSSR count). The minimum absolute atomic E-state index is 0.346. The molecule has 0 spiro atoms. The number of hydrogen-bond acceptors (Lipinski definition) is 2. The highest BCUT2D eigenvalue weighted by molar-refractivity contribution is 5.47. The van der Waals surface area contributed by atoms with Crippen LogP contribution in [0.5, 0.6) is 5.75 Å². The van der Waals surface area contributed by atoms with Crippen molar-refractivity contribution in [2.24, 2.45) is 5.73 Å². The third-order valence-corrected chi connectivity index (χ3v) is 3.97. The second kappa shape index (κ2) is 4.71. The summed E-state index contributed by atoms with van der Waals surface area (Å²) in [7, 11) is 0. The van der Waals surface area contributed by atoms with Gasteiger partial charge in [0.25, 0.3) is 0 Å². The van der Waals surface area contributed by atoms with E-state index in [0.717, 1.165) is 18.6 Å². The Morgan fingerprint density at radius 2 is 1.84 bits per heavy atom. The van der Waals surface area contributed by atoms with Gasteiger partial charge in [0, 0.05) is 0 Å². The Morgan fingerprint density at radius 1 is 1.11 bits per heavy atom. The topological polar surface area (TPSA) is 35.2 Å². The quantitative estimate of drug-likeness (QED) is 0.911. The van der Waals surface area contributed by atoms with E-state index in [2.05, 4.69) is 36.4 Å². The first kappa shape index (κ1) is 12.2. The number of aryl methyl sites for hydroxylation is 1. The molecule has 0 bridgehead atoms. The van der Waals surface area contributed by atoms with Crippen LogP contribution in [0.1, 0.15) is 30.0 Å². The third-order valence-electron chi connectivity index (χ3n) is 3.97. The van der Waals surface area contributed by atoms with E-state index in [0.29, 0.717) is 6.61 Å². The van der Waals surface area contributed by atoms with Crippen molar-refractivity contribution in [3.8, 4) is 5.75 Å². The minimum atomic E-state index is -0.346. The summed E-state index contributed by atoms with van der Waals surface area (Å²) in [6.07, 6.45) is 2.03. The molecule has 2 heteroatoms. The second-order valence-corrected chi connectivity index (χ2v) is 5.09. The molecule has 0 heterocycles. The van der Waals surface area contributed by atoms with Gasteiger partial charge in [0.2, 0.25) is 0 Å². The van der Waals surface area contributed by atoms with Gasteiger partial charge in [0.1, 0.15) is 5.75 Å². The highest BCUT2D eigenvalue weighted by atomic mass is 16.5. The molecular formula is C17H19NO. The van der Waals surface area contributed by atoms with Gasteiger partial charge in [-0.05, 0) is 48.6 Å². The Bertz CT molecular complexity index is 576. The maximum absolute atomic E-state index is 6.68. The van der Waals surface area contributed by atoms with Crippen LogP contribution >= 0.6 is 0 Å². The Labute approximate surface area is 114 Å².